The molecule has 10 heteroatoms. The maximum absolute atomic E-state index is 11.1. The Bertz CT molecular complexity index is 1110. The molecule has 2 saturated heterocycles. The number of aromatic nitrogens is 3. The van der Waals surface area contributed by atoms with Crippen LogP contribution in [0.4, 0.5) is 0 Å². The quantitative estimate of drug-likeness (QED) is 0.524. The zero-order valence-electron chi connectivity index (χ0n) is 19.5. The Labute approximate surface area is 203 Å². The number of carbonyl (C=O) groups is 1. The van der Waals surface area contributed by atoms with E-state index >= 15 is 0 Å². The predicted octanol–water partition coefficient (Wildman–Crippen LogP) is 2.24. The minimum atomic E-state index is -0.271. The molecule has 2 aliphatic heterocycles. The van der Waals surface area contributed by atoms with Gasteiger partial charge in [0.15, 0.2) is 12.1 Å². The van der Waals surface area contributed by atoms with Gasteiger partial charge in [0, 0.05) is 58.0 Å². The molecule has 0 aliphatic carbocycles. The van der Waals surface area contributed by atoms with Crippen molar-refractivity contribution in [3.05, 3.63) is 47.4 Å². The molecule has 2 fully saturated rings. The van der Waals surface area contributed by atoms with Crippen LogP contribution < -0.4 is 5.73 Å². The number of nitrogens with zero attached hydrogens (tertiary/aromatic N) is 5. The molecule has 4 heterocycles. The molecule has 9 nitrogen and oxygen atoms in total. The molecule has 3 unspecified atom stereocenters. The number of rotatable bonds is 8. The minimum Gasteiger partial charge on any atom is -0.369 e. The Morgan fingerprint density at radius 2 is 1.97 bits per heavy atom. The van der Waals surface area contributed by atoms with E-state index in [4.69, 9.17) is 20.2 Å². The molecule has 0 radical (unpaired) electrons. The summed E-state index contributed by atoms with van der Waals surface area (Å²) in [7, 11) is 1.70. The highest BCUT2D eigenvalue weighted by atomic mass is 32.1. The lowest BCUT2D eigenvalue weighted by atomic mass is 9.94. The summed E-state index contributed by atoms with van der Waals surface area (Å²) in [5.74, 6) is 0.897. The Morgan fingerprint density at radius 1 is 1.18 bits per heavy atom. The number of carbonyl (C=O) groups excluding carboxylic acids is 1. The first-order chi connectivity index (χ1) is 16.6. The smallest absolute Gasteiger partial charge is 0.231 e. The first kappa shape index (κ1) is 23.4. The Morgan fingerprint density at radius 3 is 2.76 bits per heavy atom. The van der Waals surface area contributed by atoms with Crippen molar-refractivity contribution >= 4 is 28.3 Å². The van der Waals surface area contributed by atoms with Crippen LogP contribution in [0.2, 0.25) is 0 Å². The van der Waals surface area contributed by atoms with Gasteiger partial charge in [-0.15, -0.1) is 0 Å². The highest BCUT2D eigenvalue weighted by Gasteiger charge is 2.33. The van der Waals surface area contributed by atoms with E-state index in [9.17, 15) is 4.79 Å². The number of piperazine rings is 1. The fourth-order valence-corrected chi connectivity index (χ4v) is 5.72. The van der Waals surface area contributed by atoms with Gasteiger partial charge in [0.1, 0.15) is 11.1 Å². The molecule has 2 aromatic heterocycles. The molecular weight excluding hydrogens is 452 g/mol. The average molecular weight is 485 g/mol. The van der Waals surface area contributed by atoms with Crippen molar-refractivity contribution in [3.63, 3.8) is 0 Å². The van der Waals surface area contributed by atoms with Gasteiger partial charge < -0.3 is 19.8 Å². The molecule has 1 aromatic carbocycles. The summed E-state index contributed by atoms with van der Waals surface area (Å²) in [6.45, 7) is 5.47. The van der Waals surface area contributed by atoms with E-state index in [0.717, 1.165) is 62.9 Å². The van der Waals surface area contributed by atoms with Crippen molar-refractivity contribution in [1.29, 1.82) is 0 Å². The van der Waals surface area contributed by atoms with E-state index in [1.807, 2.05) is 0 Å². The van der Waals surface area contributed by atoms with Gasteiger partial charge >= 0.3 is 0 Å². The van der Waals surface area contributed by atoms with Crippen molar-refractivity contribution in [3.8, 4) is 0 Å². The minimum absolute atomic E-state index is 0.164. The summed E-state index contributed by atoms with van der Waals surface area (Å²) in [6, 6.07) is 10.6. The van der Waals surface area contributed by atoms with Crippen LogP contribution in [0.1, 0.15) is 29.8 Å². The van der Waals surface area contributed by atoms with Crippen LogP contribution >= 0.6 is 11.5 Å². The fraction of sp³-hybridized carbons (Fsp3) is 0.542. The number of hydrogen-bond acceptors (Lipinski definition) is 8. The number of amides is 1. The van der Waals surface area contributed by atoms with E-state index in [2.05, 4.69) is 55.3 Å². The molecule has 0 spiro atoms. The van der Waals surface area contributed by atoms with Gasteiger partial charge in [0.2, 0.25) is 5.91 Å². The zero-order chi connectivity index (χ0) is 23.5. The molecule has 34 heavy (non-hydrogen) atoms. The summed E-state index contributed by atoms with van der Waals surface area (Å²) in [5.41, 5.74) is 6.57. The maximum atomic E-state index is 11.1. The van der Waals surface area contributed by atoms with E-state index in [1.54, 1.807) is 7.11 Å². The molecule has 2 aliphatic rings. The summed E-state index contributed by atoms with van der Waals surface area (Å²) in [5, 5.41) is 2.25. The van der Waals surface area contributed by atoms with Gasteiger partial charge in [0.25, 0.3) is 0 Å². The molecular formula is C24H32N6O3S. The van der Waals surface area contributed by atoms with Crippen LogP contribution in [0.15, 0.2) is 36.5 Å². The van der Waals surface area contributed by atoms with Crippen LogP contribution in [-0.2, 0) is 27.4 Å². The van der Waals surface area contributed by atoms with Crippen molar-refractivity contribution in [1.82, 2.24) is 23.7 Å². The molecule has 0 bridgehead atoms. The SMILES string of the molecule is COC1CC(Cn2ccc3ccccc32)CC(c2nsc(CN3CCN(CC(N)=O)CC3)n2)O1. The molecule has 5 rings (SSSR count). The summed E-state index contributed by atoms with van der Waals surface area (Å²) in [6.07, 6.45) is 3.47. The van der Waals surface area contributed by atoms with Gasteiger partial charge in [-0.25, -0.2) is 4.98 Å². The van der Waals surface area contributed by atoms with E-state index in [0.29, 0.717) is 12.5 Å². The highest BCUT2D eigenvalue weighted by molar-refractivity contribution is 7.05. The van der Waals surface area contributed by atoms with E-state index < -0.39 is 0 Å². The van der Waals surface area contributed by atoms with Crippen LogP contribution in [0, 0.1) is 5.92 Å². The number of nitrogens with two attached hydrogens (primary N) is 1. The second-order valence-corrected chi connectivity index (χ2v) is 10.1. The first-order valence-corrected chi connectivity index (χ1v) is 12.6. The van der Waals surface area contributed by atoms with Gasteiger partial charge in [-0.3, -0.25) is 14.6 Å². The largest absolute Gasteiger partial charge is 0.369 e. The van der Waals surface area contributed by atoms with Gasteiger partial charge in [-0.05, 0) is 41.4 Å². The second-order valence-electron chi connectivity index (χ2n) is 9.22. The summed E-state index contributed by atoms with van der Waals surface area (Å²) in [4.78, 5) is 20.4. The van der Waals surface area contributed by atoms with E-state index in [-0.39, 0.29) is 18.3 Å². The number of ether oxygens (including phenoxy) is 2. The van der Waals surface area contributed by atoms with Crippen LogP contribution in [0.25, 0.3) is 10.9 Å². The average Bonchev–Trinajstić information content (AvgIpc) is 3.47. The van der Waals surface area contributed by atoms with Crippen LogP contribution in [-0.4, -0.2) is 75.8 Å². The summed E-state index contributed by atoms with van der Waals surface area (Å²) >= 11 is 1.45. The topological polar surface area (TPSA) is 98.7 Å². The normalized spacial score (nSPS) is 24.6. The molecule has 2 N–H and O–H groups in total. The third-order valence-corrected chi connectivity index (χ3v) is 7.47. The molecule has 1 amide bonds. The molecule has 3 atom stereocenters. The number of benzene rings is 1. The number of methoxy groups -OCH3 is 1. The summed E-state index contributed by atoms with van der Waals surface area (Å²) < 4.78 is 18.8. The predicted molar refractivity (Wildman–Crippen MR) is 130 cm³/mol. The Hall–Kier alpha value is -2.37. The Kier molecular flexibility index (Phi) is 7.21. The van der Waals surface area contributed by atoms with Gasteiger partial charge in [-0.1, -0.05) is 18.2 Å². The lowest BCUT2D eigenvalue weighted by Crippen LogP contribution is -2.48. The fourth-order valence-electron chi connectivity index (χ4n) is 4.99. The lowest BCUT2D eigenvalue weighted by molar-refractivity contribution is -0.198. The molecule has 182 valence electrons. The zero-order valence-corrected chi connectivity index (χ0v) is 20.3. The number of para-hydroxylation sites is 1. The number of hydrogen-bond donors (Lipinski definition) is 1. The third-order valence-electron chi connectivity index (χ3n) is 6.76. The standard InChI is InChI=1S/C24H32N6O3S/c1-32-23-13-17(14-30-7-6-18-4-2-3-5-19(18)30)12-20(33-23)24-26-22(34-27-24)16-29-10-8-28(9-11-29)15-21(25)31/h2-7,17,20,23H,8-16H2,1H3,(H2,25,31). The van der Waals surface area contributed by atoms with Crippen molar-refractivity contribution in [2.24, 2.45) is 11.7 Å². The third kappa shape index (κ3) is 5.47. The second kappa shape index (κ2) is 10.5. The van der Waals surface area contributed by atoms with Gasteiger partial charge in [0.05, 0.1) is 13.1 Å². The Balaban J connectivity index is 1.21. The molecule has 3 aromatic rings. The highest BCUT2D eigenvalue weighted by Crippen LogP contribution is 2.36. The number of fused-ring (bicyclic) bond motifs is 1. The monoisotopic (exact) mass is 484 g/mol. The maximum Gasteiger partial charge on any atom is 0.231 e. The van der Waals surface area contributed by atoms with Crippen LogP contribution in [0.5, 0.6) is 0 Å². The molecule has 0 saturated carbocycles. The number of primary amides is 1. The van der Waals surface area contributed by atoms with Crippen molar-refractivity contribution in [2.45, 2.75) is 38.3 Å². The van der Waals surface area contributed by atoms with E-state index in [1.165, 1.54) is 22.4 Å². The van der Waals surface area contributed by atoms with Crippen molar-refractivity contribution < 1.29 is 14.3 Å². The van der Waals surface area contributed by atoms with Crippen LogP contribution in [0.3, 0.4) is 0 Å². The lowest BCUT2D eigenvalue weighted by Gasteiger charge is -2.34. The first-order valence-electron chi connectivity index (χ1n) is 11.8. The van der Waals surface area contributed by atoms with Crippen molar-refractivity contribution in [2.75, 3.05) is 39.8 Å². The van der Waals surface area contributed by atoms with Gasteiger partial charge in [-0.2, -0.15) is 4.37 Å².